The van der Waals surface area contributed by atoms with Gasteiger partial charge in [0.2, 0.25) is 6.79 Å². The van der Waals surface area contributed by atoms with E-state index in [2.05, 4.69) is 6.58 Å². The van der Waals surface area contributed by atoms with Gasteiger partial charge in [-0.1, -0.05) is 6.58 Å². The molecule has 0 aromatic heterocycles. The van der Waals surface area contributed by atoms with Gasteiger partial charge in [0.05, 0.1) is 5.56 Å². The van der Waals surface area contributed by atoms with E-state index in [-0.39, 0.29) is 12.4 Å². The molecule has 0 N–H and O–H groups in total. The van der Waals surface area contributed by atoms with Crippen LogP contribution in [-0.2, 0) is 6.42 Å². The summed E-state index contributed by atoms with van der Waals surface area (Å²) in [5.41, 5.74) is 2.04. The van der Waals surface area contributed by atoms with E-state index in [9.17, 15) is 13.6 Å². The van der Waals surface area contributed by atoms with Crippen LogP contribution in [0.25, 0.3) is 5.70 Å². The minimum absolute atomic E-state index is 0.161. The highest BCUT2D eigenvalue weighted by atomic mass is 19.1. The normalized spacial score (nSPS) is 15.4. The van der Waals surface area contributed by atoms with E-state index in [1.807, 2.05) is 6.07 Å². The van der Waals surface area contributed by atoms with E-state index in [1.165, 1.54) is 4.90 Å². The molecule has 2 heterocycles. The molecular formula is C18H13F2NO3. The summed E-state index contributed by atoms with van der Waals surface area (Å²) in [5.74, 6) is -0.882. The van der Waals surface area contributed by atoms with Gasteiger partial charge >= 0.3 is 0 Å². The minimum atomic E-state index is -0.885. The van der Waals surface area contributed by atoms with Gasteiger partial charge in [0.15, 0.2) is 11.5 Å². The Bertz CT molecular complexity index is 879. The molecule has 4 rings (SSSR count). The molecule has 0 aliphatic carbocycles. The van der Waals surface area contributed by atoms with Crippen LogP contribution in [0.5, 0.6) is 11.5 Å². The molecule has 2 aromatic carbocycles. The number of rotatable bonds is 1. The Morgan fingerprint density at radius 3 is 2.62 bits per heavy atom. The van der Waals surface area contributed by atoms with Crippen LogP contribution in [-0.4, -0.2) is 24.1 Å². The zero-order valence-corrected chi connectivity index (χ0v) is 12.6. The van der Waals surface area contributed by atoms with Crippen molar-refractivity contribution in [2.24, 2.45) is 0 Å². The number of halogens is 2. The van der Waals surface area contributed by atoms with Crippen molar-refractivity contribution in [3.63, 3.8) is 0 Å². The van der Waals surface area contributed by atoms with Crippen molar-refractivity contribution in [3.05, 3.63) is 65.2 Å². The molecule has 0 saturated carbocycles. The van der Waals surface area contributed by atoms with E-state index in [0.717, 1.165) is 23.3 Å². The summed E-state index contributed by atoms with van der Waals surface area (Å²) >= 11 is 0. The minimum Gasteiger partial charge on any atom is -0.454 e. The standard InChI is InChI=1S/C18H13F2NO3/c1-10-14-8-17-16(23-9-24-17)6-11(14)4-5-21(10)18(22)13-3-2-12(19)7-15(13)20/h2-3,6-8H,1,4-5,9H2. The third kappa shape index (κ3) is 2.22. The summed E-state index contributed by atoms with van der Waals surface area (Å²) in [4.78, 5) is 14.0. The first kappa shape index (κ1) is 14.7. The summed E-state index contributed by atoms with van der Waals surface area (Å²) in [7, 11) is 0. The Labute approximate surface area is 136 Å². The zero-order valence-electron chi connectivity index (χ0n) is 12.6. The van der Waals surface area contributed by atoms with Crippen LogP contribution >= 0.6 is 0 Å². The van der Waals surface area contributed by atoms with Crippen molar-refractivity contribution in [1.82, 2.24) is 4.90 Å². The van der Waals surface area contributed by atoms with Crippen molar-refractivity contribution in [2.75, 3.05) is 13.3 Å². The molecule has 0 fully saturated rings. The fourth-order valence-electron chi connectivity index (χ4n) is 3.00. The highest BCUT2D eigenvalue weighted by Crippen LogP contribution is 2.40. The van der Waals surface area contributed by atoms with Crippen LogP contribution in [0.3, 0.4) is 0 Å². The molecular weight excluding hydrogens is 316 g/mol. The fraction of sp³-hybridized carbons (Fsp3) is 0.167. The maximum atomic E-state index is 13.9. The molecule has 0 bridgehead atoms. The highest BCUT2D eigenvalue weighted by molar-refractivity contribution is 6.00. The van der Waals surface area contributed by atoms with Gasteiger partial charge in [-0.15, -0.1) is 0 Å². The average molecular weight is 329 g/mol. The van der Waals surface area contributed by atoms with Gasteiger partial charge in [-0.05, 0) is 36.2 Å². The topological polar surface area (TPSA) is 38.8 Å². The number of hydrogen-bond acceptors (Lipinski definition) is 3. The molecule has 6 heteroatoms. The number of carbonyl (C=O) groups is 1. The Hall–Kier alpha value is -2.89. The van der Waals surface area contributed by atoms with Gasteiger partial charge in [0, 0.05) is 23.9 Å². The smallest absolute Gasteiger partial charge is 0.261 e. The Kier molecular flexibility index (Phi) is 3.26. The zero-order chi connectivity index (χ0) is 16.8. The van der Waals surface area contributed by atoms with Gasteiger partial charge in [-0.3, -0.25) is 4.79 Å². The number of fused-ring (bicyclic) bond motifs is 2. The van der Waals surface area contributed by atoms with Crippen molar-refractivity contribution in [1.29, 1.82) is 0 Å². The second-order valence-corrected chi connectivity index (χ2v) is 5.64. The summed E-state index contributed by atoms with van der Waals surface area (Å²) in [5, 5.41) is 0. The Morgan fingerprint density at radius 1 is 1.12 bits per heavy atom. The van der Waals surface area contributed by atoms with Crippen LogP contribution < -0.4 is 9.47 Å². The van der Waals surface area contributed by atoms with E-state index >= 15 is 0 Å². The molecule has 122 valence electrons. The molecule has 24 heavy (non-hydrogen) atoms. The Morgan fingerprint density at radius 2 is 1.88 bits per heavy atom. The largest absolute Gasteiger partial charge is 0.454 e. The summed E-state index contributed by atoms with van der Waals surface area (Å²) in [6.45, 7) is 4.49. The van der Waals surface area contributed by atoms with Gasteiger partial charge < -0.3 is 14.4 Å². The van der Waals surface area contributed by atoms with E-state index in [1.54, 1.807) is 6.07 Å². The maximum absolute atomic E-state index is 13.9. The Balaban J connectivity index is 1.69. The number of nitrogens with zero attached hydrogens (tertiary/aromatic N) is 1. The van der Waals surface area contributed by atoms with Crippen LogP contribution in [0.4, 0.5) is 8.78 Å². The molecule has 0 radical (unpaired) electrons. The molecule has 0 atom stereocenters. The first-order valence-electron chi connectivity index (χ1n) is 7.43. The van der Waals surface area contributed by atoms with Gasteiger partial charge in [-0.25, -0.2) is 8.78 Å². The van der Waals surface area contributed by atoms with E-state index in [0.29, 0.717) is 36.2 Å². The van der Waals surface area contributed by atoms with Gasteiger partial charge in [0.25, 0.3) is 5.91 Å². The van der Waals surface area contributed by atoms with E-state index < -0.39 is 17.5 Å². The van der Waals surface area contributed by atoms with Crippen molar-refractivity contribution < 1.29 is 23.0 Å². The summed E-state index contributed by atoms with van der Waals surface area (Å²) in [6, 6.07) is 6.57. The lowest BCUT2D eigenvalue weighted by Crippen LogP contribution is -2.35. The monoisotopic (exact) mass is 329 g/mol. The highest BCUT2D eigenvalue weighted by Gasteiger charge is 2.29. The molecule has 4 nitrogen and oxygen atoms in total. The van der Waals surface area contributed by atoms with E-state index in [4.69, 9.17) is 9.47 Å². The third-order valence-electron chi connectivity index (χ3n) is 4.25. The average Bonchev–Trinajstić information content (AvgIpc) is 3.00. The lowest BCUT2D eigenvalue weighted by Gasteiger charge is -2.31. The molecule has 0 unspecified atom stereocenters. The van der Waals surface area contributed by atoms with Crippen molar-refractivity contribution in [2.45, 2.75) is 6.42 Å². The predicted molar refractivity (Wildman–Crippen MR) is 82.7 cm³/mol. The number of hydrogen-bond donors (Lipinski definition) is 0. The SMILES string of the molecule is C=C1c2cc3c(cc2CCN1C(=O)c1ccc(F)cc1F)OCO3. The van der Waals surface area contributed by atoms with Crippen LogP contribution in [0, 0.1) is 11.6 Å². The first-order chi connectivity index (χ1) is 11.5. The number of amides is 1. The van der Waals surface area contributed by atoms with Crippen LogP contribution in [0.1, 0.15) is 21.5 Å². The van der Waals surface area contributed by atoms with Crippen molar-refractivity contribution >= 4 is 11.6 Å². The lowest BCUT2D eigenvalue weighted by molar-refractivity contribution is 0.0829. The molecule has 0 spiro atoms. The quantitative estimate of drug-likeness (QED) is 0.805. The molecule has 2 aliphatic rings. The first-order valence-corrected chi connectivity index (χ1v) is 7.43. The summed E-state index contributed by atoms with van der Waals surface area (Å²) in [6.07, 6.45) is 0.583. The molecule has 0 saturated heterocycles. The fourth-order valence-corrected chi connectivity index (χ4v) is 3.00. The molecule has 1 amide bonds. The van der Waals surface area contributed by atoms with Gasteiger partial charge in [0.1, 0.15) is 11.6 Å². The molecule has 2 aliphatic heterocycles. The van der Waals surface area contributed by atoms with Crippen molar-refractivity contribution in [3.8, 4) is 11.5 Å². The predicted octanol–water partition coefficient (Wildman–Crippen LogP) is 3.36. The summed E-state index contributed by atoms with van der Waals surface area (Å²) < 4.78 is 37.7. The third-order valence-corrected chi connectivity index (χ3v) is 4.25. The van der Waals surface area contributed by atoms with Crippen LogP contribution in [0.15, 0.2) is 36.9 Å². The second-order valence-electron chi connectivity index (χ2n) is 5.64. The van der Waals surface area contributed by atoms with Crippen LogP contribution in [0.2, 0.25) is 0 Å². The van der Waals surface area contributed by atoms with Gasteiger partial charge in [-0.2, -0.15) is 0 Å². The number of benzene rings is 2. The lowest BCUT2D eigenvalue weighted by atomic mass is 9.95. The number of carbonyl (C=O) groups excluding carboxylic acids is 1. The second kappa shape index (κ2) is 5.33. The number of ether oxygens (including phenoxy) is 2. The molecule has 2 aromatic rings. The maximum Gasteiger partial charge on any atom is 0.261 e.